The highest BCUT2D eigenvalue weighted by atomic mass is 79.9. The van der Waals surface area contributed by atoms with Gasteiger partial charge in [0.05, 0.1) is 0 Å². The van der Waals surface area contributed by atoms with E-state index in [0.717, 1.165) is 4.47 Å². The number of ketones is 1. The van der Waals surface area contributed by atoms with Crippen molar-refractivity contribution in [2.45, 2.75) is 26.4 Å². The number of benzene rings is 1. The maximum Gasteiger partial charge on any atom is 0.335 e. The molecule has 1 rings (SSSR count). The highest BCUT2D eigenvalue weighted by Crippen LogP contribution is 2.12. The molecule has 5 heteroatoms. The summed E-state index contributed by atoms with van der Waals surface area (Å²) in [5.41, 5.74) is 0.467. The van der Waals surface area contributed by atoms with Gasteiger partial charge in [-0.25, -0.2) is 4.79 Å². The van der Waals surface area contributed by atoms with Gasteiger partial charge in [0.1, 0.15) is 0 Å². The minimum Gasteiger partial charge on any atom is -0.455 e. The van der Waals surface area contributed by atoms with Crippen LogP contribution in [0.1, 0.15) is 30.6 Å². The summed E-state index contributed by atoms with van der Waals surface area (Å²) in [5, 5.41) is 9.61. The fraction of sp³-hybridized carbons (Fsp3) is 0.429. The predicted octanol–water partition coefficient (Wildman–Crippen LogP) is 2.58. The molecule has 1 aromatic carbocycles. The first-order chi connectivity index (χ1) is 8.95. The van der Waals surface area contributed by atoms with Crippen LogP contribution in [0.25, 0.3) is 0 Å². The maximum absolute atomic E-state index is 11.7. The summed E-state index contributed by atoms with van der Waals surface area (Å²) >= 11 is 3.27. The zero-order valence-electron chi connectivity index (χ0n) is 10.9. The summed E-state index contributed by atoms with van der Waals surface area (Å²) in [5.74, 6) is -1.23. The van der Waals surface area contributed by atoms with Gasteiger partial charge in [-0.1, -0.05) is 48.3 Å². The van der Waals surface area contributed by atoms with Crippen LogP contribution in [0.4, 0.5) is 0 Å². The molecule has 104 valence electrons. The van der Waals surface area contributed by atoms with Crippen molar-refractivity contribution in [3.05, 3.63) is 34.3 Å². The Kier molecular flexibility index (Phi) is 6.18. The third kappa shape index (κ3) is 4.76. The summed E-state index contributed by atoms with van der Waals surface area (Å²) in [6.07, 6.45) is -0.514. The fourth-order valence-corrected chi connectivity index (χ4v) is 1.66. The molecule has 1 aromatic rings. The number of hydrogen-bond donors (Lipinski definition) is 1. The van der Waals surface area contributed by atoms with E-state index in [9.17, 15) is 14.7 Å². The molecule has 2 atom stereocenters. The standard InChI is InChI=1S/C14H17BrO4/c1-3-9(2)13(17)14(18)19-8-12(16)10-4-6-11(15)7-5-10/h4-7,9,13,17H,3,8H2,1-2H3/t9-,13+/m0/s1. The van der Waals surface area contributed by atoms with E-state index in [1.54, 1.807) is 31.2 Å². The van der Waals surface area contributed by atoms with Crippen LogP contribution in [0.3, 0.4) is 0 Å². The average Bonchev–Trinajstić information content (AvgIpc) is 2.43. The Bertz CT molecular complexity index is 441. The number of halogens is 1. The SMILES string of the molecule is CC[C@H](C)[C@@H](O)C(=O)OCC(=O)c1ccc(Br)cc1. The highest BCUT2D eigenvalue weighted by molar-refractivity contribution is 9.10. The van der Waals surface area contributed by atoms with Crippen LogP contribution in [-0.2, 0) is 9.53 Å². The zero-order chi connectivity index (χ0) is 14.4. The molecule has 4 nitrogen and oxygen atoms in total. The van der Waals surface area contributed by atoms with Gasteiger partial charge >= 0.3 is 5.97 Å². The van der Waals surface area contributed by atoms with E-state index < -0.39 is 12.1 Å². The molecular weight excluding hydrogens is 312 g/mol. The van der Waals surface area contributed by atoms with E-state index in [0.29, 0.717) is 12.0 Å². The van der Waals surface area contributed by atoms with Crippen LogP contribution in [0, 0.1) is 5.92 Å². The number of carbonyl (C=O) groups excluding carboxylic acids is 2. The van der Waals surface area contributed by atoms with Crippen LogP contribution >= 0.6 is 15.9 Å². The minimum absolute atomic E-state index is 0.185. The van der Waals surface area contributed by atoms with E-state index >= 15 is 0 Å². The first-order valence-electron chi connectivity index (χ1n) is 6.09. The second-order valence-corrected chi connectivity index (χ2v) is 5.28. The number of aliphatic hydroxyl groups excluding tert-OH is 1. The molecule has 0 amide bonds. The zero-order valence-corrected chi connectivity index (χ0v) is 12.5. The summed E-state index contributed by atoms with van der Waals surface area (Å²) in [4.78, 5) is 23.2. The smallest absolute Gasteiger partial charge is 0.335 e. The Morgan fingerprint density at radius 1 is 1.32 bits per heavy atom. The van der Waals surface area contributed by atoms with Crippen molar-refractivity contribution in [2.24, 2.45) is 5.92 Å². The van der Waals surface area contributed by atoms with Gasteiger partial charge in [0.2, 0.25) is 0 Å². The summed E-state index contributed by atoms with van der Waals surface area (Å²) in [7, 11) is 0. The van der Waals surface area contributed by atoms with Crippen molar-refractivity contribution in [3.63, 3.8) is 0 Å². The number of rotatable bonds is 6. The van der Waals surface area contributed by atoms with Gasteiger partial charge < -0.3 is 9.84 Å². The number of carbonyl (C=O) groups is 2. The van der Waals surface area contributed by atoms with E-state index in [1.165, 1.54) is 0 Å². The monoisotopic (exact) mass is 328 g/mol. The Hall–Kier alpha value is -1.20. The Balaban J connectivity index is 2.50. The maximum atomic E-state index is 11.7. The predicted molar refractivity (Wildman–Crippen MR) is 74.9 cm³/mol. The minimum atomic E-state index is -1.18. The lowest BCUT2D eigenvalue weighted by Gasteiger charge is -2.15. The van der Waals surface area contributed by atoms with Gasteiger partial charge in [-0.3, -0.25) is 4.79 Å². The van der Waals surface area contributed by atoms with Gasteiger partial charge in [0.15, 0.2) is 18.5 Å². The second kappa shape index (κ2) is 7.40. The summed E-state index contributed by atoms with van der Waals surface area (Å²) < 4.78 is 5.69. The molecule has 0 saturated heterocycles. The van der Waals surface area contributed by atoms with Gasteiger partial charge in [0, 0.05) is 10.0 Å². The molecule has 0 saturated carbocycles. The molecule has 0 radical (unpaired) electrons. The van der Waals surface area contributed by atoms with E-state index in [1.807, 2.05) is 6.92 Å². The van der Waals surface area contributed by atoms with Gasteiger partial charge in [-0.2, -0.15) is 0 Å². The molecule has 0 unspecified atom stereocenters. The Labute approximate surface area is 120 Å². The van der Waals surface area contributed by atoms with Crippen molar-refractivity contribution in [2.75, 3.05) is 6.61 Å². The largest absolute Gasteiger partial charge is 0.455 e. The molecule has 0 aromatic heterocycles. The summed E-state index contributed by atoms with van der Waals surface area (Å²) in [6.45, 7) is 3.27. The normalized spacial score (nSPS) is 13.7. The fourth-order valence-electron chi connectivity index (χ4n) is 1.40. The third-order valence-electron chi connectivity index (χ3n) is 2.94. The van der Waals surface area contributed by atoms with E-state index in [-0.39, 0.29) is 18.3 Å². The van der Waals surface area contributed by atoms with Crippen LogP contribution in [0.5, 0.6) is 0 Å². The number of ether oxygens (including phenoxy) is 1. The molecule has 0 aliphatic heterocycles. The number of esters is 1. The Morgan fingerprint density at radius 2 is 1.89 bits per heavy atom. The number of hydrogen-bond acceptors (Lipinski definition) is 4. The molecule has 19 heavy (non-hydrogen) atoms. The lowest BCUT2D eigenvalue weighted by Crippen LogP contribution is -2.30. The van der Waals surface area contributed by atoms with Crippen LogP contribution in [0.15, 0.2) is 28.7 Å². The van der Waals surface area contributed by atoms with Crippen LogP contribution < -0.4 is 0 Å². The Morgan fingerprint density at radius 3 is 2.42 bits per heavy atom. The van der Waals surface area contributed by atoms with E-state index in [2.05, 4.69) is 15.9 Å². The van der Waals surface area contributed by atoms with Crippen molar-refractivity contribution >= 4 is 27.7 Å². The highest BCUT2D eigenvalue weighted by Gasteiger charge is 2.23. The molecule has 0 heterocycles. The second-order valence-electron chi connectivity index (χ2n) is 4.37. The van der Waals surface area contributed by atoms with Crippen molar-refractivity contribution in [1.29, 1.82) is 0 Å². The first kappa shape index (κ1) is 15.9. The molecule has 0 bridgehead atoms. The first-order valence-corrected chi connectivity index (χ1v) is 6.88. The topological polar surface area (TPSA) is 63.6 Å². The van der Waals surface area contributed by atoms with Crippen molar-refractivity contribution in [3.8, 4) is 0 Å². The molecule has 0 fully saturated rings. The molecule has 0 aliphatic rings. The molecule has 1 N–H and O–H groups in total. The van der Waals surface area contributed by atoms with E-state index in [4.69, 9.17) is 4.74 Å². The number of aliphatic hydroxyl groups is 1. The van der Waals surface area contributed by atoms with Gasteiger partial charge in [0.25, 0.3) is 0 Å². The number of Topliss-reactive ketones (excluding diaryl/α,β-unsaturated/α-hetero) is 1. The lowest BCUT2D eigenvalue weighted by atomic mass is 10.0. The molecule has 0 spiro atoms. The summed E-state index contributed by atoms with van der Waals surface area (Å²) in [6, 6.07) is 6.77. The quantitative estimate of drug-likeness (QED) is 0.644. The van der Waals surface area contributed by atoms with Crippen molar-refractivity contribution in [1.82, 2.24) is 0 Å². The average molecular weight is 329 g/mol. The van der Waals surface area contributed by atoms with Gasteiger partial charge in [-0.05, 0) is 18.1 Å². The van der Waals surface area contributed by atoms with Crippen molar-refractivity contribution < 1.29 is 19.4 Å². The van der Waals surface area contributed by atoms with Crippen LogP contribution in [-0.4, -0.2) is 29.6 Å². The molecular formula is C14H17BrO4. The third-order valence-corrected chi connectivity index (χ3v) is 3.46. The van der Waals surface area contributed by atoms with Crippen LogP contribution in [0.2, 0.25) is 0 Å². The lowest BCUT2D eigenvalue weighted by molar-refractivity contribution is -0.155. The molecule has 0 aliphatic carbocycles. The van der Waals surface area contributed by atoms with Gasteiger partial charge in [-0.15, -0.1) is 0 Å².